The fraction of sp³-hybridized carbons (Fsp3) is 0.600. The van der Waals surface area contributed by atoms with Crippen LogP contribution < -0.4 is 5.32 Å². The smallest absolute Gasteiger partial charge is 0.125 e. The molecule has 2 bridgehead atoms. The Morgan fingerprint density at radius 3 is 2.68 bits per heavy atom. The number of nitriles is 1. The number of anilines is 1. The number of pyridine rings is 1. The molecule has 0 radical (unpaired) electrons. The maximum Gasteiger partial charge on any atom is 0.125 e. The van der Waals surface area contributed by atoms with Crippen molar-refractivity contribution < 1.29 is 0 Å². The van der Waals surface area contributed by atoms with E-state index in [1.807, 2.05) is 12.1 Å². The molecule has 2 unspecified atom stereocenters. The van der Waals surface area contributed by atoms with Gasteiger partial charge in [0.05, 0.1) is 5.56 Å². The number of nitrogens with zero attached hydrogens (tertiary/aromatic N) is 3. The van der Waals surface area contributed by atoms with E-state index in [2.05, 4.69) is 28.3 Å². The van der Waals surface area contributed by atoms with Gasteiger partial charge in [0, 0.05) is 24.8 Å². The number of rotatable bonds is 3. The van der Waals surface area contributed by atoms with Gasteiger partial charge in [-0.1, -0.05) is 0 Å². The van der Waals surface area contributed by atoms with Gasteiger partial charge in [-0.15, -0.1) is 0 Å². The molecule has 1 aromatic rings. The van der Waals surface area contributed by atoms with E-state index in [0.717, 1.165) is 30.4 Å². The number of nitrogens with one attached hydrogen (secondary N) is 1. The first-order chi connectivity index (χ1) is 9.26. The standard InChI is InChI=1S/C15H20N4/c1-19-13-3-4-14(19)7-12(6-13)10-18-15-5-2-11(8-16)9-17-15/h2,5,9,12-14H,3-4,6-7,10H2,1H3,(H,17,18). The van der Waals surface area contributed by atoms with Gasteiger partial charge >= 0.3 is 0 Å². The lowest BCUT2D eigenvalue weighted by Gasteiger charge is -2.36. The minimum absolute atomic E-state index is 0.614. The van der Waals surface area contributed by atoms with Gasteiger partial charge in [0.25, 0.3) is 0 Å². The lowest BCUT2D eigenvalue weighted by molar-refractivity contribution is 0.139. The van der Waals surface area contributed by atoms with Crippen molar-refractivity contribution in [3.63, 3.8) is 0 Å². The number of hydrogen-bond donors (Lipinski definition) is 1. The van der Waals surface area contributed by atoms with E-state index in [1.165, 1.54) is 25.7 Å². The summed E-state index contributed by atoms with van der Waals surface area (Å²) in [5.74, 6) is 1.64. The fourth-order valence-corrected chi connectivity index (χ4v) is 3.50. The Labute approximate surface area is 114 Å². The first-order valence-corrected chi connectivity index (χ1v) is 7.08. The zero-order valence-corrected chi connectivity index (χ0v) is 11.3. The molecule has 0 spiro atoms. The van der Waals surface area contributed by atoms with Gasteiger partial charge in [-0.3, -0.25) is 0 Å². The predicted molar refractivity (Wildman–Crippen MR) is 74.7 cm³/mol. The summed E-state index contributed by atoms with van der Waals surface area (Å²) in [5.41, 5.74) is 0.614. The molecule has 1 N–H and O–H groups in total. The Bertz CT molecular complexity index is 462. The third-order valence-corrected chi connectivity index (χ3v) is 4.66. The van der Waals surface area contributed by atoms with Crippen molar-refractivity contribution >= 4 is 5.82 Å². The van der Waals surface area contributed by atoms with Crippen LogP contribution in [-0.4, -0.2) is 35.6 Å². The lowest BCUT2D eigenvalue weighted by atomic mass is 9.91. The van der Waals surface area contributed by atoms with Gasteiger partial charge in [-0.05, 0) is 50.8 Å². The maximum atomic E-state index is 8.74. The van der Waals surface area contributed by atoms with E-state index < -0.39 is 0 Å². The van der Waals surface area contributed by atoms with Gasteiger partial charge in [-0.25, -0.2) is 4.98 Å². The number of aromatic nitrogens is 1. The monoisotopic (exact) mass is 256 g/mol. The third-order valence-electron chi connectivity index (χ3n) is 4.66. The molecule has 2 fully saturated rings. The number of piperidine rings is 1. The quantitative estimate of drug-likeness (QED) is 0.901. The van der Waals surface area contributed by atoms with E-state index in [0.29, 0.717) is 5.56 Å². The summed E-state index contributed by atoms with van der Waals surface area (Å²) in [7, 11) is 2.27. The lowest BCUT2D eigenvalue weighted by Crippen LogP contribution is -2.41. The van der Waals surface area contributed by atoms with E-state index in [1.54, 1.807) is 6.20 Å². The molecule has 4 heteroatoms. The SMILES string of the molecule is CN1C2CCC1CC(CNc1ccc(C#N)cn1)C2. The summed E-state index contributed by atoms with van der Waals surface area (Å²) < 4.78 is 0. The highest BCUT2D eigenvalue weighted by molar-refractivity contribution is 5.38. The number of fused-ring (bicyclic) bond motifs is 2. The molecule has 2 aliphatic rings. The Kier molecular flexibility index (Phi) is 3.39. The molecule has 2 aliphatic heterocycles. The molecular weight excluding hydrogens is 236 g/mol. The molecular formula is C15H20N4. The molecule has 0 saturated carbocycles. The van der Waals surface area contributed by atoms with E-state index in [-0.39, 0.29) is 0 Å². The Hall–Kier alpha value is -1.60. The second-order valence-corrected chi connectivity index (χ2v) is 5.81. The van der Waals surface area contributed by atoms with Gasteiger partial charge in [-0.2, -0.15) is 5.26 Å². The average molecular weight is 256 g/mol. The zero-order valence-electron chi connectivity index (χ0n) is 11.3. The second kappa shape index (κ2) is 5.18. The molecule has 0 aromatic carbocycles. The number of hydrogen-bond acceptors (Lipinski definition) is 4. The molecule has 1 aromatic heterocycles. The Morgan fingerprint density at radius 2 is 2.11 bits per heavy atom. The van der Waals surface area contributed by atoms with Crippen molar-refractivity contribution in [1.82, 2.24) is 9.88 Å². The minimum Gasteiger partial charge on any atom is -0.370 e. The van der Waals surface area contributed by atoms with Crippen LogP contribution in [0.2, 0.25) is 0 Å². The summed E-state index contributed by atoms with van der Waals surface area (Å²) in [4.78, 5) is 6.82. The fourth-order valence-electron chi connectivity index (χ4n) is 3.50. The van der Waals surface area contributed by atoms with Crippen LogP contribution in [0.4, 0.5) is 5.82 Å². The van der Waals surface area contributed by atoms with Gasteiger partial charge in [0.2, 0.25) is 0 Å². The molecule has 3 heterocycles. The van der Waals surface area contributed by atoms with Crippen LogP contribution in [0.15, 0.2) is 18.3 Å². The van der Waals surface area contributed by atoms with Gasteiger partial charge in [0.1, 0.15) is 11.9 Å². The van der Waals surface area contributed by atoms with Crippen LogP contribution in [0.3, 0.4) is 0 Å². The van der Waals surface area contributed by atoms with E-state index >= 15 is 0 Å². The normalized spacial score (nSPS) is 30.0. The topological polar surface area (TPSA) is 52.0 Å². The Balaban J connectivity index is 1.54. The zero-order chi connectivity index (χ0) is 13.2. The molecule has 0 amide bonds. The van der Waals surface area contributed by atoms with Crippen LogP contribution in [0.25, 0.3) is 0 Å². The minimum atomic E-state index is 0.614. The summed E-state index contributed by atoms with van der Waals surface area (Å²) in [6.07, 6.45) is 6.97. The van der Waals surface area contributed by atoms with Crippen LogP contribution in [0.5, 0.6) is 0 Å². The first kappa shape index (κ1) is 12.4. The van der Waals surface area contributed by atoms with Crippen molar-refractivity contribution in [3.8, 4) is 6.07 Å². The third kappa shape index (κ3) is 2.57. The molecule has 100 valence electrons. The van der Waals surface area contributed by atoms with Crippen LogP contribution >= 0.6 is 0 Å². The highest BCUT2D eigenvalue weighted by atomic mass is 15.2. The average Bonchev–Trinajstić information content (AvgIpc) is 2.68. The summed E-state index contributed by atoms with van der Waals surface area (Å²) in [6.45, 7) is 1.000. The first-order valence-electron chi connectivity index (χ1n) is 7.08. The molecule has 2 saturated heterocycles. The van der Waals surface area contributed by atoms with Crippen LogP contribution in [-0.2, 0) is 0 Å². The predicted octanol–water partition coefficient (Wildman–Crippen LogP) is 2.24. The molecule has 2 atom stereocenters. The van der Waals surface area contributed by atoms with E-state index in [9.17, 15) is 0 Å². The van der Waals surface area contributed by atoms with Gasteiger partial charge in [0.15, 0.2) is 0 Å². The maximum absolute atomic E-state index is 8.74. The Morgan fingerprint density at radius 1 is 1.37 bits per heavy atom. The van der Waals surface area contributed by atoms with Crippen molar-refractivity contribution in [1.29, 1.82) is 5.26 Å². The largest absolute Gasteiger partial charge is 0.370 e. The van der Waals surface area contributed by atoms with Crippen LogP contribution in [0, 0.1) is 17.2 Å². The summed E-state index contributed by atoms with van der Waals surface area (Å²) in [6, 6.07) is 7.38. The van der Waals surface area contributed by atoms with Crippen molar-refractivity contribution in [3.05, 3.63) is 23.9 Å². The van der Waals surface area contributed by atoms with Crippen molar-refractivity contribution in [2.24, 2.45) is 5.92 Å². The molecule has 19 heavy (non-hydrogen) atoms. The van der Waals surface area contributed by atoms with Crippen molar-refractivity contribution in [2.75, 3.05) is 18.9 Å². The summed E-state index contributed by atoms with van der Waals surface area (Å²) in [5, 5.41) is 12.1. The summed E-state index contributed by atoms with van der Waals surface area (Å²) >= 11 is 0. The van der Waals surface area contributed by atoms with Crippen LogP contribution in [0.1, 0.15) is 31.2 Å². The van der Waals surface area contributed by atoms with Crippen molar-refractivity contribution in [2.45, 2.75) is 37.8 Å². The highest BCUT2D eigenvalue weighted by Gasteiger charge is 2.38. The molecule has 0 aliphatic carbocycles. The van der Waals surface area contributed by atoms with E-state index in [4.69, 9.17) is 5.26 Å². The molecule has 3 rings (SSSR count). The highest BCUT2D eigenvalue weighted by Crippen LogP contribution is 2.37. The van der Waals surface area contributed by atoms with Gasteiger partial charge < -0.3 is 10.2 Å². The molecule has 4 nitrogen and oxygen atoms in total. The second-order valence-electron chi connectivity index (χ2n) is 5.81.